The number of hydrogen-bond acceptors (Lipinski definition) is 3. The normalized spacial score (nSPS) is 21.4. The molecule has 0 spiro atoms. The molecule has 0 aliphatic carbocycles. The minimum Gasteiger partial charge on any atom is -0.492 e. The van der Waals surface area contributed by atoms with Gasteiger partial charge in [0.2, 0.25) is 5.91 Å². The fourth-order valence-corrected chi connectivity index (χ4v) is 2.82. The third kappa shape index (κ3) is 5.04. The minimum atomic E-state index is 0.0707. The van der Waals surface area contributed by atoms with E-state index in [1.54, 1.807) is 18.2 Å². The topological polar surface area (TPSA) is 50.4 Å². The number of carbonyl (C=O) groups is 1. The first-order valence-electron chi connectivity index (χ1n) is 7.65. The van der Waals surface area contributed by atoms with Crippen molar-refractivity contribution in [2.45, 2.75) is 32.2 Å². The molecule has 1 heterocycles. The first-order valence-corrected chi connectivity index (χ1v) is 8.40. The summed E-state index contributed by atoms with van der Waals surface area (Å²) < 4.78 is 5.57. The number of rotatable bonds is 6. The van der Waals surface area contributed by atoms with Crippen molar-refractivity contribution in [3.63, 3.8) is 0 Å². The van der Waals surface area contributed by atoms with Crippen molar-refractivity contribution in [3.05, 3.63) is 28.2 Å². The molecule has 22 heavy (non-hydrogen) atoms. The van der Waals surface area contributed by atoms with Crippen LogP contribution in [0.4, 0.5) is 0 Å². The monoisotopic (exact) mass is 344 g/mol. The van der Waals surface area contributed by atoms with Gasteiger partial charge in [-0.15, -0.1) is 0 Å². The highest BCUT2D eigenvalue weighted by molar-refractivity contribution is 6.42. The zero-order valence-corrected chi connectivity index (χ0v) is 14.2. The molecule has 2 N–H and O–H groups in total. The fraction of sp³-hybridized carbons (Fsp3) is 0.562. The Morgan fingerprint density at radius 1 is 1.45 bits per heavy atom. The van der Waals surface area contributed by atoms with Crippen LogP contribution in [0.5, 0.6) is 5.75 Å². The molecule has 0 aromatic heterocycles. The van der Waals surface area contributed by atoms with Crippen LogP contribution in [0.2, 0.25) is 10.0 Å². The largest absolute Gasteiger partial charge is 0.492 e. The Morgan fingerprint density at radius 3 is 3.05 bits per heavy atom. The van der Waals surface area contributed by atoms with Crippen LogP contribution in [0.25, 0.3) is 0 Å². The lowest BCUT2D eigenvalue weighted by Crippen LogP contribution is -2.50. The molecule has 6 heteroatoms. The summed E-state index contributed by atoms with van der Waals surface area (Å²) in [4.78, 5) is 11.9. The van der Waals surface area contributed by atoms with Crippen molar-refractivity contribution in [1.82, 2.24) is 10.6 Å². The van der Waals surface area contributed by atoms with E-state index in [1.165, 1.54) is 0 Å². The molecule has 0 saturated carbocycles. The maximum atomic E-state index is 11.9. The molecule has 4 nitrogen and oxygen atoms in total. The van der Waals surface area contributed by atoms with E-state index in [1.807, 2.05) is 0 Å². The van der Waals surface area contributed by atoms with Crippen LogP contribution < -0.4 is 15.4 Å². The molecule has 1 aromatic rings. The second-order valence-electron chi connectivity index (χ2n) is 5.65. The number of piperidine rings is 1. The molecule has 0 radical (unpaired) electrons. The Labute approximate surface area is 141 Å². The average molecular weight is 345 g/mol. The van der Waals surface area contributed by atoms with E-state index in [0.717, 1.165) is 19.5 Å². The van der Waals surface area contributed by atoms with E-state index < -0.39 is 0 Å². The van der Waals surface area contributed by atoms with E-state index in [4.69, 9.17) is 27.9 Å². The third-order valence-electron chi connectivity index (χ3n) is 3.90. The fourth-order valence-electron chi connectivity index (χ4n) is 2.47. The minimum absolute atomic E-state index is 0.0707. The summed E-state index contributed by atoms with van der Waals surface area (Å²) in [7, 11) is 0. The van der Waals surface area contributed by atoms with Gasteiger partial charge in [-0.25, -0.2) is 0 Å². The van der Waals surface area contributed by atoms with Crippen molar-refractivity contribution in [2.75, 3.05) is 19.7 Å². The standard InChI is InChI=1S/C16H22Cl2N2O2/c1-11-7-8-19-10-13(11)20-15(21)6-3-9-22-14-5-2-4-12(17)16(14)18/h2,4-5,11,13,19H,3,6-10H2,1H3,(H,20,21). The molecule has 1 aliphatic heterocycles. The van der Waals surface area contributed by atoms with E-state index in [9.17, 15) is 4.79 Å². The summed E-state index contributed by atoms with van der Waals surface area (Å²) in [5.74, 6) is 1.15. The quantitative estimate of drug-likeness (QED) is 0.778. The maximum Gasteiger partial charge on any atom is 0.220 e. The van der Waals surface area contributed by atoms with Gasteiger partial charge in [-0.05, 0) is 37.4 Å². The molecule has 2 rings (SSSR count). The van der Waals surface area contributed by atoms with Crippen molar-refractivity contribution < 1.29 is 9.53 Å². The highest BCUT2D eigenvalue weighted by atomic mass is 35.5. The zero-order valence-electron chi connectivity index (χ0n) is 12.7. The summed E-state index contributed by atoms with van der Waals surface area (Å²) in [6, 6.07) is 5.49. The molecule has 1 aromatic carbocycles. The first-order chi connectivity index (χ1) is 10.6. The van der Waals surface area contributed by atoms with E-state index in [2.05, 4.69) is 17.6 Å². The average Bonchev–Trinajstić information content (AvgIpc) is 2.50. The van der Waals surface area contributed by atoms with E-state index in [-0.39, 0.29) is 11.9 Å². The lowest BCUT2D eigenvalue weighted by molar-refractivity contribution is -0.122. The molecule has 2 unspecified atom stereocenters. The van der Waals surface area contributed by atoms with E-state index in [0.29, 0.717) is 41.2 Å². The number of halogens is 2. The summed E-state index contributed by atoms with van der Waals surface area (Å²) in [5, 5.41) is 7.27. The summed E-state index contributed by atoms with van der Waals surface area (Å²) in [6.45, 7) is 4.49. The molecule has 2 atom stereocenters. The molecule has 1 saturated heterocycles. The second-order valence-corrected chi connectivity index (χ2v) is 6.43. The van der Waals surface area contributed by atoms with Crippen LogP contribution in [0.15, 0.2) is 18.2 Å². The Bertz CT molecular complexity index is 511. The van der Waals surface area contributed by atoms with Crippen LogP contribution in [0.1, 0.15) is 26.2 Å². The predicted octanol–water partition coefficient (Wildman–Crippen LogP) is 3.27. The van der Waals surface area contributed by atoms with Gasteiger partial charge < -0.3 is 15.4 Å². The van der Waals surface area contributed by atoms with Crippen molar-refractivity contribution in [2.24, 2.45) is 5.92 Å². The third-order valence-corrected chi connectivity index (χ3v) is 4.70. The number of carbonyl (C=O) groups excluding carboxylic acids is 1. The van der Waals surface area contributed by atoms with Crippen molar-refractivity contribution in [1.29, 1.82) is 0 Å². The number of hydrogen-bond donors (Lipinski definition) is 2. The number of nitrogens with one attached hydrogen (secondary N) is 2. The molecule has 1 aliphatic rings. The van der Waals surface area contributed by atoms with Gasteiger partial charge in [0.15, 0.2) is 0 Å². The lowest BCUT2D eigenvalue weighted by atomic mass is 9.95. The summed E-state index contributed by atoms with van der Waals surface area (Å²) in [6.07, 6.45) is 2.19. The van der Waals surface area contributed by atoms with Crippen LogP contribution in [-0.2, 0) is 4.79 Å². The summed E-state index contributed by atoms with van der Waals surface area (Å²) in [5.41, 5.74) is 0. The molecule has 1 amide bonds. The predicted molar refractivity (Wildman–Crippen MR) is 89.8 cm³/mol. The number of amides is 1. The van der Waals surface area contributed by atoms with Gasteiger partial charge in [0.1, 0.15) is 10.8 Å². The molecular weight excluding hydrogens is 323 g/mol. The van der Waals surface area contributed by atoms with Gasteiger partial charge in [-0.1, -0.05) is 36.2 Å². The summed E-state index contributed by atoms with van der Waals surface area (Å²) >= 11 is 12.0. The lowest BCUT2D eigenvalue weighted by Gasteiger charge is -2.30. The Kier molecular flexibility index (Phi) is 6.80. The Balaban J connectivity index is 1.67. The molecule has 122 valence electrons. The van der Waals surface area contributed by atoms with Crippen LogP contribution in [-0.4, -0.2) is 31.6 Å². The smallest absolute Gasteiger partial charge is 0.220 e. The molecular formula is C16H22Cl2N2O2. The maximum absolute atomic E-state index is 11.9. The SMILES string of the molecule is CC1CCNCC1NC(=O)CCCOc1cccc(Cl)c1Cl. The second kappa shape index (κ2) is 8.61. The van der Waals surface area contributed by atoms with Gasteiger partial charge in [-0.2, -0.15) is 0 Å². The van der Waals surface area contributed by atoms with Crippen molar-refractivity contribution in [3.8, 4) is 5.75 Å². The van der Waals surface area contributed by atoms with Crippen LogP contribution in [0, 0.1) is 5.92 Å². The van der Waals surface area contributed by atoms with Crippen molar-refractivity contribution >= 4 is 29.1 Å². The zero-order chi connectivity index (χ0) is 15.9. The Morgan fingerprint density at radius 2 is 2.27 bits per heavy atom. The van der Waals surface area contributed by atoms with E-state index >= 15 is 0 Å². The Hall–Kier alpha value is -0.970. The number of ether oxygens (including phenoxy) is 1. The van der Waals surface area contributed by atoms with Crippen LogP contribution >= 0.6 is 23.2 Å². The van der Waals surface area contributed by atoms with Gasteiger partial charge in [0.05, 0.1) is 11.6 Å². The van der Waals surface area contributed by atoms with Crippen LogP contribution in [0.3, 0.4) is 0 Å². The van der Waals surface area contributed by atoms with Gasteiger partial charge in [0, 0.05) is 19.0 Å². The van der Waals surface area contributed by atoms with Gasteiger partial charge in [-0.3, -0.25) is 4.79 Å². The first kappa shape index (κ1) is 17.4. The number of benzene rings is 1. The molecule has 1 fully saturated rings. The highest BCUT2D eigenvalue weighted by Gasteiger charge is 2.22. The molecule has 0 bridgehead atoms. The van der Waals surface area contributed by atoms with Gasteiger partial charge in [0.25, 0.3) is 0 Å². The van der Waals surface area contributed by atoms with Gasteiger partial charge >= 0.3 is 0 Å². The highest BCUT2D eigenvalue weighted by Crippen LogP contribution is 2.31.